The van der Waals surface area contributed by atoms with Gasteiger partial charge in [-0.15, -0.1) is 0 Å². The number of piperidine rings is 1. The molecule has 0 spiro atoms. The molecule has 1 saturated heterocycles. The van der Waals surface area contributed by atoms with Crippen LogP contribution in [0.2, 0.25) is 0 Å². The van der Waals surface area contributed by atoms with E-state index >= 15 is 0 Å². The molecule has 2 N–H and O–H groups in total. The van der Waals surface area contributed by atoms with Gasteiger partial charge in [0.1, 0.15) is 12.1 Å². The van der Waals surface area contributed by atoms with Gasteiger partial charge in [0.2, 0.25) is 0 Å². The highest BCUT2D eigenvalue weighted by Gasteiger charge is 2.48. The number of carbonyl (C=O) groups is 1. The van der Waals surface area contributed by atoms with E-state index in [2.05, 4.69) is 48.4 Å². The summed E-state index contributed by atoms with van der Waals surface area (Å²) in [5, 5.41) is 1.27. The van der Waals surface area contributed by atoms with Crippen LogP contribution in [0.1, 0.15) is 30.6 Å². The summed E-state index contributed by atoms with van der Waals surface area (Å²) in [4.78, 5) is 17.4. The Balaban J connectivity index is 1.57. The lowest BCUT2D eigenvalue weighted by molar-refractivity contribution is -0.893. The smallest absolute Gasteiger partial charge is 0.337 e. The summed E-state index contributed by atoms with van der Waals surface area (Å²) in [5.74, 6) is 0.222. The van der Waals surface area contributed by atoms with Gasteiger partial charge in [-0.3, -0.25) is 0 Å². The van der Waals surface area contributed by atoms with Crippen LogP contribution in [0.25, 0.3) is 17.0 Å². The second-order valence-corrected chi connectivity index (χ2v) is 7.57. The molecule has 3 aliphatic heterocycles. The van der Waals surface area contributed by atoms with E-state index in [1.807, 2.05) is 0 Å². The number of rotatable bonds is 1. The van der Waals surface area contributed by atoms with Crippen molar-refractivity contribution in [2.75, 3.05) is 13.7 Å². The van der Waals surface area contributed by atoms with Gasteiger partial charge < -0.3 is 19.4 Å². The van der Waals surface area contributed by atoms with Gasteiger partial charge in [0, 0.05) is 34.9 Å². The number of quaternary nitrogens is 1. The number of H-pyrrole nitrogens is 1. The number of nitrogens with one attached hydrogen (secondary N) is 2. The van der Waals surface area contributed by atoms with Crippen LogP contribution < -0.4 is 4.90 Å². The number of methoxy groups -OCH3 is 1. The van der Waals surface area contributed by atoms with E-state index in [1.54, 1.807) is 6.26 Å². The van der Waals surface area contributed by atoms with Crippen molar-refractivity contribution in [3.63, 3.8) is 0 Å². The number of benzene rings is 1. The van der Waals surface area contributed by atoms with Gasteiger partial charge >= 0.3 is 5.97 Å². The number of fused-ring (bicyclic) bond motifs is 6. The molecule has 0 bridgehead atoms. The second-order valence-electron chi connectivity index (χ2n) is 7.57. The Kier molecular flexibility index (Phi) is 3.47. The van der Waals surface area contributed by atoms with Crippen LogP contribution in [0.5, 0.6) is 0 Å². The SMILES string of the molecule is COC(=O)C1=COC(C)C2C[NH+]3C=Cc4c([nH]c5ccccc45)C3CC12. The van der Waals surface area contributed by atoms with E-state index in [4.69, 9.17) is 9.47 Å². The minimum atomic E-state index is -0.265. The quantitative estimate of drug-likeness (QED) is 0.775. The molecular weight excluding hydrogens is 328 g/mol. The van der Waals surface area contributed by atoms with Gasteiger partial charge in [0.05, 0.1) is 43.3 Å². The second kappa shape index (κ2) is 5.74. The Morgan fingerprint density at radius 2 is 2.19 bits per heavy atom. The minimum absolute atomic E-state index is 0.111. The predicted octanol–water partition coefficient (Wildman–Crippen LogP) is 2.19. The van der Waals surface area contributed by atoms with Crippen molar-refractivity contribution < 1.29 is 19.2 Å². The largest absolute Gasteiger partial charge is 0.497 e. The van der Waals surface area contributed by atoms with Crippen LogP contribution in [-0.2, 0) is 14.3 Å². The van der Waals surface area contributed by atoms with E-state index in [-0.39, 0.29) is 18.0 Å². The van der Waals surface area contributed by atoms with Crippen LogP contribution in [0, 0.1) is 11.8 Å². The van der Waals surface area contributed by atoms with E-state index < -0.39 is 0 Å². The highest BCUT2D eigenvalue weighted by Crippen LogP contribution is 2.41. The first-order valence-electron chi connectivity index (χ1n) is 9.25. The summed E-state index contributed by atoms with van der Waals surface area (Å²) in [6.07, 6.45) is 7.18. The zero-order valence-electron chi connectivity index (χ0n) is 15.0. The molecule has 4 heterocycles. The third-order valence-corrected chi connectivity index (χ3v) is 6.35. The lowest BCUT2D eigenvalue weighted by Crippen LogP contribution is -3.10. The molecule has 3 aliphatic rings. The Hall–Kier alpha value is -2.53. The number of aromatic nitrogens is 1. The van der Waals surface area contributed by atoms with Crippen molar-refractivity contribution in [3.8, 4) is 0 Å². The monoisotopic (exact) mass is 351 g/mol. The van der Waals surface area contributed by atoms with E-state index in [9.17, 15) is 4.79 Å². The maximum absolute atomic E-state index is 12.3. The van der Waals surface area contributed by atoms with Crippen molar-refractivity contribution in [2.24, 2.45) is 11.8 Å². The van der Waals surface area contributed by atoms with Gasteiger partial charge in [0.25, 0.3) is 0 Å². The molecule has 5 nitrogen and oxygen atoms in total. The average molecular weight is 351 g/mol. The van der Waals surface area contributed by atoms with Gasteiger partial charge in [-0.2, -0.15) is 0 Å². The van der Waals surface area contributed by atoms with Gasteiger partial charge in [-0.1, -0.05) is 18.2 Å². The minimum Gasteiger partial charge on any atom is -0.497 e. The Labute approximate surface area is 152 Å². The van der Waals surface area contributed by atoms with Crippen molar-refractivity contribution in [1.82, 2.24) is 4.98 Å². The van der Waals surface area contributed by atoms with Gasteiger partial charge in [-0.05, 0) is 13.0 Å². The van der Waals surface area contributed by atoms with E-state index in [1.165, 1.54) is 34.2 Å². The fourth-order valence-electron chi connectivity index (χ4n) is 4.99. The van der Waals surface area contributed by atoms with Gasteiger partial charge in [0.15, 0.2) is 0 Å². The molecule has 1 aromatic carbocycles. The standard InChI is InChI=1S/C21H22N2O3/c1-12-16-10-23-8-7-14-13-5-3-4-6-18(13)22-20(14)19(23)9-15(16)17(11-26-12)21(24)25-2/h3-8,11-12,15-16,19,22H,9-10H2,1-2H3/p+1. The lowest BCUT2D eigenvalue weighted by atomic mass is 9.73. The highest BCUT2D eigenvalue weighted by molar-refractivity contribution is 5.91. The molecule has 5 atom stereocenters. The molecular formula is C21H23N2O3+. The van der Waals surface area contributed by atoms with Crippen molar-refractivity contribution in [2.45, 2.75) is 25.5 Å². The average Bonchev–Trinajstić information content (AvgIpc) is 3.06. The number of carbonyl (C=O) groups excluding carboxylic acids is 1. The molecule has 0 saturated carbocycles. The molecule has 26 heavy (non-hydrogen) atoms. The molecule has 0 aliphatic carbocycles. The van der Waals surface area contributed by atoms with E-state index in [0.717, 1.165) is 13.0 Å². The van der Waals surface area contributed by atoms with Crippen LogP contribution in [0.3, 0.4) is 0 Å². The van der Waals surface area contributed by atoms with Gasteiger partial charge in [-0.25, -0.2) is 4.79 Å². The van der Waals surface area contributed by atoms with Crippen LogP contribution in [-0.4, -0.2) is 30.7 Å². The predicted molar refractivity (Wildman–Crippen MR) is 98.1 cm³/mol. The number of hydrogen-bond donors (Lipinski definition) is 2. The highest BCUT2D eigenvalue weighted by atomic mass is 16.5. The topological polar surface area (TPSA) is 55.8 Å². The summed E-state index contributed by atoms with van der Waals surface area (Å²) in [6.45, 7) is 3.06. The Morgan fingerprint density at radius 1 is 1.35 bits per heavy atom. The molecule has 5 unspecified atom stereocenters. The molecule has 1 fully saturated rings. The Morgan fingerprint density at radius 3 is 3.04 bits per heavy atom. The van der Waals surface area contributed by atoms with Crippen molar-refractivity contribution >= 4 is 22.9 Å². The third kappa shape index (κ3) is 2.16. The number of aromatic amines is 1. The third-order valence-electron chi connectivity index (χ3n) is 6.35. The number of hydrogen-bond acceptors (Lipinski definition) is 3. The molecule has 0 amide bonds. The number of esters is 1. The zero-order valence-corrected chi connectivity index (χ0v) is 15.0. The molecule has 0 radical (unpaired) electrons. The van der Waals surface area contributed by atoms with Crippen LogP contribution in [0.15, 0.2) is 42.3 Å². The summed E-state index contributed by atoms with van der Waals surface area (Å²) < 4.78 is 10.8. The molecule has 5 heteroatoms. The van der Waals surface area contributed by atoms with Crippen LogP contribution >= 0.6 is 0 Å². The Bertz CT molecular complexity index is 942. The molecule has 134 valence electrons. The first-order chi connectivity index (χ1) is 12.7. The number of ether oxygens (including phenoxy) is 2. The summed E-state index contributed by atoms with van der Waals surface area (Å²) in [5.41, 5.74) is 4.43. The van der Waals surface area contributed by atoms with E-state index in [0.29, 0.717) is 17.5 Å². The zero-order chi connectivity index (χ0) is 17.8. The summed E-state index contributed by atoms with van der Waals surface area (Å²) in [6, 6.07) is 8.76. The van der Waals surface area contributed by atoms with Crippen molar-refractivity contribution in [1.29, 1.82) is 0 Å². The summed E-state index contributed by atoms with van der Waals surface area (Å²) >= 11 is 0. The maximum atomic E-state index is 12.3. The molecule has 5 rings (SSSR count). The lowest BCUT2D eigenvalue weighted by Gasteiger charge is -2.44. The van der Waals surface area contributed by atoms with Crippen molar-refractivity contribution in [3.05, 3.63) is 53.6 Å². The summed E-state index contributed by atoms with van der Waals surface area (Å²) in [7, 11) is 1.44. The first kappa shape index (κ1) is 15.7. The number of para-hydroxylation sites is 1. The normalized spacial score (nSPS) is 32.1. The maximum Gasteiger partial charge on any atom is 0.337 e. The fourth-order valence-corrected chi connectivity index (χ4v) is 4.99. The molecule has 2 aromatic rings. The molecule has 1 aromatic heterocycles. The first-order valence-corrected chi connectivity index (χ1v) is 9.25. The fraction of sp³-hybridized carbons (Fsp3) is 0.381. The van der Waals surface area contributed by atoms with Crippen LogP contribution in [0.4, 0.5) is 0 Å².